The van der Waals surface area contributed by atoms with Gasteiger partial charge in [0.2, 0.25) is 0 Å². The lowest BCUT2D eigenvalue weighted by atomic mass is 10.1. The number of hydrazine groups is 1. The number of hydrogen-bond acceptors (Lipinski definition) is 5. The number of halogens is 2. The molecule has 0 radical (unpaired) electrons. The molecule has 3 amide bonds. The number of hydrogen-bond donors (Lipinski definition) is 1. The van der Waals surface area contributed by atoms with Gasteiger partial charge in [0.05, 0.1) is 16.2 Å². The van der Waals surface area contributed by atoms with Crippen LogP contribution in [0.15, 0.2) is 56.3 Å². The van der Waals surface area contributed by atoms with E-state index in [1.54, 1.807) is 29.2 Å². The Morgan fingerprint density at radius 1 is 1.07 bits per heavy atom. The lowest BCUT2D eigenvalue weighted by molar-refractivity contribution is -0.124. The third kappa shape index (κ3) is 3.62. The van der Waals surface area contributed by atoms with Crippen molar-refractivity contribution in [3.05, 3.63) is 67.4 Å². The van der Waals surface area contributed by atoms with Gasteiger partial charge < -0.3 is 4.90 Å². The van der Waals surface area contributed by atoms with Crippen LogP contribution in [0.2, 0.25) is 0 Å². The summed E-state index contributed by atoms with van der Waals surface area (Å²) in [5.41, 5.74) is 4.62. The largest absolute Gasteiger partial charge is 0.308 e. The molecule has 0 spiro atoms. The molecule has 2 aromatic carbocycles. The van der Waals surface area contributed by atoms with Crippen molar-refractivity contribution >= 4 is 89.1 Å². The normalized spacial score (nSPS) is 18.3. The van der Waals surface area contributed by atoms with Crippen LogP contribution in [0.25, 0.3) is 5.57 Å². The molecule has 2 aliphatic rings. The lowest BCUT2D eigenvalue weighted by Gasteiger charge is -2.15. The first-order valence-corrected chi connectivity index (χ1v) is 11.6. The first kappa shape index (κ1) is 21.2. The van der Waals surface area contributed by atoms with Gasteiger partial charge in [-0.1, -0.05) is 43.6 Å². The zero-order valence-corrected chi connectivity index (χ0v) is 20.2. The van der Waals surface area contributed by atoms with Gasteiger partial charge in [0.25, 0.3) is 17.7 Å². The highest BCUT2D eigenvalue weighted by molar-refractivity contribution is 9.10. The highest BCUT2D eigenvalue weighted by atomic mass is 79.9. The monoisotopic (exact) mass is 565 g/mol. The highest BCUT2D eigenvalue weighted by Crippen LogP contribution is 2.45. The first-order chi connectivity index (χ1) is 14.3. The summed E-state index contributed by atoms with van der Waals surface area (Å²) in [6.45, 7) is 2.34. The molecule has 2 heterocycles. The van der Waals surface area contributed by atoms with Crippen molar-refractivity contribution in [3.8, 4) is 0 Å². The maximum atomic E-state index is 13.1. The number of nitrogens with one attached hydrogen (secondary N) is 1. The standard InChI is InChI=1S/C20H13Br2N3O3S2/c1-2-24-14-8-7-12(22)9-13(14)15(18(24)27)16-19(28)25(20(29)30-16)23-17(26)10-3-5-11(21)6-4-10/h3-9H,2H2,1H3,(H,23,26)/b16-15-. The van der Waals surface area contributed by atoms with Gasteiger partial charge in [-0.2, -0.15) is 5.01 Å². The molecule has 30 heavy (non-hydrogen) atoms. The molecular weight excluding hydrogens is 554 g/mol. The van der Waals surface area contributed by atoms with Crippen molar-refractivity contribution < 1.29 is 14.4 Å². The third-order valence-electron chi connectivity index (χ3n) is 4.61. The predicted octanol–water partition coefficient (Wildman–Crippen LogP) is 4.49. The average molecular weight is 567 g/mol. The van der Waals surface area contributed by atoms with E-state index in [1.165, 1.54) is 0 Å². The Kier molecular flexibility index (Phi) is 5.84. The van der Waals surface area contributed by atoms with E-state index in [9.17, 15) is 14.4 Å². The molecule has 10 heteroatoms. The van der Waals surface area contributed by atoms with Crippen LogP contribution in [0, 0.1) is 0 Å². The topological polar surface area (TPSA) is 69.7 Å². The second kappa shape index (κ2) is 8.26. The molecule has 0 atom stereocenters. The molecule has 0 aromatic heterocycles. The second-order valence-corrected chi connectivity index (χ2v) is 9.85. The number of carbonyl (C=O) groups excluding carboxylic acids is 3. The Morgan fingerprint density at radius 2 is 1.73 bits per heavy atom. The summed E-state index contributed by atoms with van der Waals surface area (Å²) in [6.07, 6.45) is 0. The summed E-state index contributed by atoms with van der Waals surface area (Å²) in [6, 6.07) is 12.2. The lowest BCUT2D eigenvalue weighted by Crippen LogP contribution is -2.45. The molecule has 0 saturated carbocycles. The van der Waals surface area contributed by atoms with E-state index in [-0.39, 0.29) is 15.1 Å². The number of nitrogens with zero attached hydrogens (tertiary/aromatic N) is 2. The van der Waals surface area contributed by atoms with Gasteiger partial charge in [-0.05, 0) is 61.6 Å². The van der Waals surface area contributed by atoms with Gasteiger partial charge in [-0.3, -0.25) is 19.8 Å². The van der Waals surface area contributed by atoms with E-state index in [1.807, 2.05) is 25.1 Å². The van der Waals surface area contributed by atoms with E-state index in [4.69, 9.17) is 12.2 Å². The predicted molar refractivity (Wildman–Crippen MR) is 128 cm³/mol. The second-order valence-electron chi connectivity index (χ2n) is 6.37. The number of thioether (sulfide) groups is 1. The van der Waals surface area contributed by atoms with E-state index in [0.29, 0.717) is 23.2 Å². The van der Waals surface area contributed by atoms with E-state index in [2.05, 4.69) is 37.3 Å². The Hall–Kier alpha value is -2.01. The van der Waals surface area contributed by atoms with Gasteiger partial charge in [0.1, 0.15) is 0 Å². The summed E-state index contributed by atoms with van der Waals surface area (Å²) in [7, 11) is 0. The molecule has 152 valence electrons. The number of anilines is 1. The van der Waals surface area contributed by atoms with Crippen LogP contribution in [0.4, 0.5) is 5.69 Å². The fourth-order valence-electron chi connectivity index (χ4n) is 3.22. The summed E-state index contributed by atoms with van der Waals surface area (Å²) >= 11 is 13.1. The number of amides is 3. The number of fused-ring (bicyclic) bond motifs is 1. The number of thiocarbonyl (C=S) groups is 1. The van der Waals surface area contributed by atoms with Gasteiger partial charge in [-0.15, -0.1) is 0 Å². The molecule has 1 saturated heterocycles. The Labute approximate surface area is 198 Å². The fourth-order valence-corrected chi connectivity index (χ4v) is 5.10. The van der Waals surface area contributed by atoms with Crippen LogP contribution in [0.5, 0.6) is 0 Å². The van der Waals surface area contributed by atoms with Crippen molar-refractivity contribution in [1.29, 1.82) is 0 Å². The minimum Gasteiger partial charge on any atom is -0.308 e. The van der Waals surface area contributed by atoms with Crippen LogP contribution in [0.3, 0.4) is 0 Å². The number of rotatable bonds is 3. The molecule has 0 bridgehead atoms. The average Bonchev–Trinajstić information content (AvgIpc) is 3.14. The summed E-state index contributed by atoms with van der Waals surface area (Å²) in [5, 5.41) is 1.02. The van der Waals surface area contributed by atoms with Gasteiger partial charge in [0, 0.05) is 26.6 Å². The molecule has 0 aliphatic carbocycles. The highest BCUT2D eigenvalue weighted by Gasteiger charge is 2.42. The van der Waals surface area contributed by atoms with Crippen LogP contribution in [0.1, 0.15) is 22.8 Å². The van der Waals surface area contributed by atoms with Gasteiger partial charge >= 0.3 is 0 Å². The van der Waals surface area contributed by atoms with Crippen molar-refractivity contribution in [1.82, 2.24) is 10.4 Å². The van der Waals surface area contributed by atoms with Gasteiger partial charge in [-0.25, -0.2) is 0 Å². The summed E-state index contributed by atoms with van der Waals surface area (Å²) in [4.78, 5) is 40.5. The maximum Gasteiger partial charge on any atom is 0.286 e. The molecule has 0 unspecified atom stereocenters. The molecule has 4 rings (SSSR count). The Balaban J connectivity index is 1.69. The zero-order chi connectivity index (χ0) is 21.6. The van der Waals surface area contributed by atoms with E-state index >= 15 is 0 Å². The van der Waals surface area contributed by atoms with Crippen molar-refractivity contribution in [2.75, 3.05) is 11.4 Å². The number of likely N-dealkylation sites (N-methyl/N-ethyl adjacent to an activating group) is 1. The van der Waals surface area contributed by atoms with Crippen molar-refractivity contribution in [2.24, 2.45) is 0 Å². The number of carbonyl (C=O) groups is 3. The van der Waals surface area contributed by atoms with Crippen molar-refractivity contribution in [3.63, 3.8) is 0 Å². The molecule has 1 fully saturated rings. The number of benzene rings is 2. The summed E-state index contributed by atoms with van der Waals surface area (Å²) in [5.74, 6) is -1.26. The zero-order valence-electron chi connectivity index (χ0n) is 15.4. The first-order valence-electron chi connectivity index (χ1n) is 8.80. The smallest absolute Gasteiger partial charge is 0.286 e. The summed E-state index contributed by atoms with van der Waals surface area (Å²) < 4.78 is 1.79. The quantitative estimate of drug-likeness (QED) is 0.438. The van der Waals surface area contributed by atoms with Crippen LogP contribution in [-0.2, 0) is 9.59 Å². The molecule has 2 aliphatic heterocycles. The molecular formula is C20H13Br2N3O3S2. The molecule has 2 aromatic rings. The third-order valence-corrected chi connectivity index (χ3v) is 7.00. The van der Waals surface area contributed by atoms with Crippen molar-refractivity contribution in [2.45, 2.75) is 6.92 Å². The maximum absolute atomic E-state index is 13.1. The fraction of sp³-hybridized carbons (Fsp3) is 0.100. The molecule has 6 nitrogen and oxygen atoms in total. The Bertz CT molecular complexity index is 1150. The van der Waals surface area contributed by atoms with Crippen LogP contribution < -0.4 is 10.3 Å². The molecule has 1 N–H and O–H groups in total. The van der Waals surface area contributed by atoms with E-state index in [0.717, 1.165) is 31.4 Å². The Morgan fingerprint density at radius 3 is 2.40 bits per heavy atom. The van der Waals surface area contributed by atoms with Crippen LogP contribution in [-0.4, -0.2) is 33.6 Å². The minimum absolute atomic E-state index is 0.159. The minimum atomic E-state index is -0.525. The van der Waals surface area contributed by atoms with Gasteiger partial charge in [0.15, 0.2) is 4.32 Å². The van der Waals surface area contributed by atoms with Crippen LogP contribution >= 0.6 is 55.8 Å². The van der Waals surface area contributed by atoms with E-state index < -0.39 is 11.8 Å². The SMILES string of the molecule is CCN1C(=O)/C(=C2\SC(=S)N(NC(=O)c3ccc(Br)cc3)C2=O)c2cc(Br)ccc21.